The lowest BCUT2D eigenvalue weighted by Crippen LogP contribution is -2.44. The fourth-order valence-corrected chi connectivity index (χ4v) is 2.24. The molecule has 0 saturated carbocycles. The van der Waals surface area contributed by atoms with Crippen LogP contribution in [0.25, 0.3) is 0 Å². The Morgan fingerprint density at radius 1 is 1.22 bits per heavy atom. The summed E-state index contributed by atoms with van der Waals surface area (Å²) < 4.78 is 29.8. The van der Waals surface area contributed by atoms with Crippen molar-refractivity contribution < 1.29 is 22.7 Å². The van der Waals surface area contributed by atoms with Gasteiger partial charge in [-0.1, -0.05) is 19.1 Å². The van der Waals surface area contributed by atoms with E-state index in [1.165, 1.54) is 12.1 Å². The molecule has 23 heavy (non-hydrogen) atoms. The van der Waals surface area contributed by atoms with Crippen LogP contribution in [-0.2, 0) is 19.6 Å². The molecule has 1 amide bonds. The summed E-state index contributed by atoms with van der Waals surface area (Å²) >= 11 is 0. The first kappa shape index (κ1) is 19.0. The number of sulfonamides is 1. The molecule has 0 aliphatic heterocycles. The molecular formula is C15H22N2O5S. The number of benzene rings is 1. The number of rotatable bonds is 7. The van der Waals surface area contributed by atoms with Crippen LogP contribution in [0.4, 0.5) is 5.69 Å². The highest BCUT2D eigenvalue weighted by molar-refractivity contribution is 7.92. The second-order valence-corrected chi connectivity index (χ2v) is 7.53. The number of hydrogen-bond acceptors (Lipinski definition) is 5. The van der Waals surface area contributed by atoms with Gasteiger partial charge >= 0.3 is 5.97 Å². The molecule has 0 heterocycles. The molecule has 0 aliphatic carbocycles. The number of hydrogen-bond donors (Lipinski definition) is 2. The SMILES string of the molecule is CCC(C)(C)NC(=O)COC(=O)c1ccccc1NS(C)(=O)=O. The van der Waals surface area contributed by atoms with E-state index in [-0.39, 0.29) is 16.8 Å². The van der Waals surface area contributed by atoms with Crippen molar-refractivity contribution in [3.05, 3.63) is 29.8 Å². The highest BCUT2D eigenvalue weighted by Crippen LogP contribution is 2.17. The fraction of sp³-hybridized carbons (Fsp3) is 0.467. The van der Waals surface area contributed by atoms with Gasteiger partial charge in [0.25, 0.3) is 5.91 Å². The molecule has 0 aliphatic rings. The second-order valence-electron chi connectivity index (χ2n) is 5.78. The molecule has 1 aromatic carbocycles. The van der Waals surface area contributed by atoms with E-state index in [9.17, 15) is 18.0 Å². The molecule has 7 nitrogen and oxygen atoms in total. The minimum Gasteiger partial charge on any atom is -0.452 e. The average Bonchev–Trinajstić information content (AvgIpc) is 2.43. The topological polar surface area (TPSA) is 102 Å². The minimum atomic E-state index is -3.53. The van der Waals surface area contributed by atoms with Gasteiger partial charge in [-0.15, -0.1) is 0 Å². The smallest absolute Gasteiger partial charge is 0.340 e. The molecule has 0 spiro atoms. The molecule has 0 fully saturated rings. The van der Waals surface area contributed by atoms with Gasteiger partial charge in [-0.05, 0) is 32.4 Å². The largest absolute Gasteiger partial charge is 0.452 e. The maximum Gasteiger partial charge on any atom is 0.340 e. The monoisotopic (exact) mass is 342 g/mol. The maximum atomic E-state index is 12.1. The Bertz CT molecular complexity index is 683. The quantitative estimate of drug-likeness (QED) is 0.732. The summed E-state index contributed by atoms with van der Waals surface area (Å²) in [5.41, 5.74) is -0.242. The van der Waals surface area contributed by atoms with E-state index in [0.29, 0.717) is 0 Å². The standard InChI is InChI=1S/C15H22N2O5S/c1-5-15(2,3)16-13(18)10-22-14(19)11-8-6-7-9-12(11)17-23(4,20)21/h6-9,17H,5,10H2,1-4H3,(H,16,18). The summed E-state index contributed by atoms with van der Waals surface area (Å²) in [5, 5.41) is 2.74. The van der Waals surface area contributed by atoms with Crippen molar-refractivity contribution in [1.82, 2.24) is 5.32 Å². The Morgan fingerprint density at radius 3 is 2.39 bits per heavy atom. The summed E-state index contributed by atoms with van der Waals surface area (Å²) in [5.74, 6) is -1.19. The summed E-state index contributed by atoms with van der Waals surface area (Å²) in [6.45, 7) is 5.21. The van der Waals surface area contributed by atoms with E-state index in [4.69, 9.17) is 4.74 Å². The van der Waals surface area contributed by atoms with Crippen molar-refractivity contribution in [1.29, 1.82) is 0 Å². The number of esters is 1. The van der Waals surface area contributed by atoms with Crippen LogP contribution < -0.4 is 10.0 Å². The summed E-state index contributed by atoms with van der Waals surface area (Å²) in [7, 11) is -3.53. The number of amides is 1. The van der Waals surface area contributed by atoms with Crippen LogP contribution in [0.1, 0.15) is 37.6 Å². The van der Waals surface area contributed by atoms with E-state index < -0.39 is 28.5 Å². The summed E-state index contributed by atoms with van der Waals surface area (Å²) in [6.07, 6.45) is 1.71. The number of para-hydroxylation sites is 1. The maximum absolute atomic E-state index is 12.1. The predicted octanol–water partition coefficient (Wildman–Crippen LogP) is 1.52. The minimum absolute atomic E-state index is 0.0421. The highest BCUT2D eigenvalue weighted by Gasteiger charge is 2.20. The third-order valence-electron chi connectivity index (χ3n) is 3.14. The van der Waals surface area contributed by atoms with Gasteiger partial charge < -0.3 is 10.1 Å². The number of carbonyl (C=O) groups is 2. The lowest BCUT2D eigenvalue weighted by molar-refractivity contribution is -0.125. The molecule has 0 aromatic heterocycles. The number of carbonyl (C=O) groups excluding carboxylic acids is 2. The Hall–Kier alpha value is -2.09. The van der Waals surface area contributed by atoms with Crippen LogP contribution in [0.5, 0.6) is 0 Å². The Kier molecular flexibility index (Phi) is 6.14. The van der Waals surface area contributed by atoms with E-state index in [0.717, 1.165) is 12.7 Å². The van der Waals surface area contributed by atoms with Gasteiger partial charge in [0.1, 0.15) is 0 Å². The van der Waals surface area contributed by atoms with E-state index in [1.807, 2.05) is 20.8 Å². The molecule has 1 aromatic rings. The van der Waals surface area contributed by atoms with Crippen molar-refractivity contribution >= 4 is 27.6 Å². The van der Waals surface area contributed by atoms with Gasteiger partial charge in [0, 0.05) is 5.54 Å². The van der Waals surface area contributed by atoms with Gasteiger partial charge in [-0.3, -0.25) is 9.52 Å². The first-order chi connectivity index (χ1) is 10.5. The number of anilines is 1. The second kappa shape index (κ2) is 7.45. The zero-order chi connectivity index (χ0) is 17.7. The van der Waals surface area contributed by atoms with Crippen molar-refractivity contribution in [2.24, 2.45) is 0 Å². The molecule has 0 saturated heterocycles. The molecule has 0 radical (unpaired) electrons. The third kappa shape index (κ3) is 6.68. The molecule has 2 N–H and O–H groups in total. The van der Waals surface area contributed by atoms with Gasteiger partial charge in [0.15, 0.2) is 6.61 Å². The Labute approximate surface area is 136 Å². The first-order valence-corrected chi connectivity index (χ1v) is 8.98. The van der Waals surface area contributed by atoms with Crippen LogP contribution in [0, 0.1) is 0 Å². The number of ether oxygens (including phenoxy) is 1. The van der Waals surface area contributed by atoms with Crippen molar-refractivity contribution in [2.75, 3.05) is 17.6 Å². The zero-order valence-electron chi connectivity index (χ0n) is 13.7. The van der Waals surface area contributed by atoms with Crippen LogP contribution in [0.15, 0.2) is 24.3 Å². The Morgan fingerprint density at radius 2 is 1.83 bits per heavy atom. The van der Waals surface area contributed by atoms with Crippen LogP contribution >= 0.6 is 0 Å². The lowest BCUT2D eigenvalue weighted by atomic mass is 10.0. The normalized spacial score (nSPS) is 11.7. The zero-order valence-corrected chi connectivity index (χ0v) is 14.5. The van der Waals surface area contributed by atoms with E-state index in [2.05, 4.69) is 10.0 Å². The lowest BCUT2D eigenvalue weighted by Gasteiger charge is -2.24. The van der Waals surface area contributed by atoms with Crippen molar-refractivity contribution in [3.8, 4) is 0 Å². The molecule has 128 valence electrons. The summed E-state index contributed by atoms with van der Waals surface area (Å²) in [4.78, 5) is 23.8. The van der Waals surface area contributed by atoms with Crippen molar-refractivity contribution in [2.45, 2.75) is 32.7 Å². The third-order valence-corrected chi connectivity index (χ3v) is 3.73. The first-order valence-electron chi connectivity index (χ1n) is 7.09. The average molecular weight is 342 g/mol. The molecule has 8 heteroatoms. The Balaban J connectivity index is 2.74. The van der Waals surface area contributed by atoms with E-state index >= 15 is 0 Å². The van der Waals surface area contributed by atoms with Gasteiger partial charge in [-0.25, -0.2) is 13.2 Å². The summed E-state index contributed by atoms with van der Waals surface area (Å²) in [6, 6.07) is 6.02. The van der Waals surface area contributed by atoms with Gasteiger partial charge in [0.2, 0.25) is 10.0 Å². The predicted molar refractivity (Wildman–Crippen MR) is 87.7 cm³/mol. The highest BCUT2D eigenvalue weighted by atomic mass is 32.2. The molecular weight excluding hydrogens is 320 g/mol. The molecule has 0 atom stereocenters. The molecule has 1 rings (SSSR count). The van der Waals surface area contributed by atoms with E-state index in [1.54, 1.807) is 12.1 Å². The van der Waals surface area contributed by atoms with Gasteiger partial charge in [0.05, 0.1) is 17.5 Å². The van der Waals surface area contributed by atoms with Gasteiger partial charge in [-0.2, -0.15) is 0 Å². The molecule has 0 unspecified atom stereocenters. The van der Waals surface area contributed by atoms with Crippen LogP contribution in [0.2, 0.25) is 0 Å². The fourth-order valence-electron chi connectivity index (χ4n) is 1.66. The molecule has 0 bridgehead atoms. The van der Waals surface area contributed by atoms with Crippen LogP contribution in [0.3, 0.4) is 0 Å². The van der Waals surface area contributed by atoms with Crippen molar-refractivity contribution in [3.63, 3.8) is 0 Å². The van der Waals surface area contributed by atoms with Crippen LogP contribution in [-0.4, -0.2) is 38.7 Å². The number of nitrogens with one attached hydrogen (secondary N) is 2.